The number of fused-ring (bicyclic) bond motifs is 6. The Balaban J connectivity index is 1.71. The third kappa shape index (κ3) is 2.39. The summed E-state index contributed by atoms with van der Waals surface area (Å²) >= 11 is 0. The molecule has 1 aromatic heterocycles. The summed E-state index contributed by atoms with van der Waals surface area (Å²) in [5.74, 6) is -0.0854. The largest absolute Gasteiger partial charge is 0.325 e. The van der Waals surface area contributed by atoms with Gasteiger partial charge in [0, 0.05) is 23.2 Å². The number of nitrogens with zero attached hydrogens (tertiary/aromatic N) is 3. The Hall–Kier alpha value is -3.35. The Kier molecular flexibility index (Phi) is 4.07. The third-order valence-corrected chi connectivity index (χ3v) is 8.26. The highest BCUT2D eigenvalue weighted by atomic mass is 16.6. The van der Waals surface area contributed by atoms with Crippen LogP contribution in [0.2, 0.25) is 0 Å². The fourth-order valence-corrected chi connectivity index (χ4v) is 5.81. The SMILES string of the molecule is Cc1ccc(C)c(NC(=O)C23CCC(C)(c4nc5ccc([N+](=O)[O-])cc5nc42)C3(C)C)c1. The number of carbonyl (C=O) groups is 1. The molecule has 5 rings (SSSR count). The monoisotopic (exact) mass is 430 g/mol. The average Bonchev–Trinajstić information content (AvgIpc) is 3.04. The molecule has 2 aliphatic carbocycles. The van der Waals surface area contributed by atoms with Gasteiger partial charge in [0.15, 0.2) is 0 Å². The van der Waals surface area contributed by atoms with Crippen LogP contribution in [-0.4, -0.2) is 20.8 Å². The molecule has 7 nitrogen and oxygen atoms in total. The number of hydrogen-bond acceptors (Lipinski definition) is 5. The van der Waals surface area contributed by atoms with Crippen molar-refractivity contribution in [2.75, 3.05) is 5.32 Å². The Morgan fingerprint density at radius 1 is 1.00 bits per heavy atom. The van der Waals surface area contributed by atoms with E-state index in [9.17, 15) is 14.9 Å². The minimum atomic E-state index is -0.862. The highest BCUT2D eigenvalue weighted by Gasteiger charge is 2.73. The van der Waals surface area contributed by atoms with E-state index in [1.165, 1.54) is 12.1 Å². The van der Waals surface area contributed by atoms with Crippen molar-refractivity contribution in [3.05, 3.63) is 69.0 Å². The van der Waals surface area contributed by atoms with Crippen LogP contribution in [0.25, 0.3) is 11.0 Å². The van der Waals surface area contributed by atoms with Crippen LogP contribution in [0.5, 0.6) is 0 Å². The van der Waals surface area contributed by atoms with Gasteiger partial charge in [0.05, 0.1) is 32.8 Å². The first-order valence-corrected chi connectivity index (χ1v) is 10.9. The van der Waals surface area contributed by atoms with Crippen LogP contribution >= 0.6 is 0 Å². The second-order valence-electron chi connectivity index (χ2n) is 9.99. The van der Waals surface area contributed by atoms with Crippen molar-refractivity contribution >= 4 is 28.3 Å². The summed E-state index contributed by atoms with van der Waals surface area (Å²) in [7, 11) is 0. The number of nitrogens with one attached hydrogen (secondary N) is 1. The Morgan fingerprint density at radius 3 is 2.44 bits per heavy atom. The summed E-state index contributed by atoms with van der Waals surface area (Å²) in [6.45, 7) is 10.4. The molecule has 164 valence electrons. The third-order valence-electron chi connectivity index (χ3n) is 8.26. The number of rotatable bonds is 3. The predicted molar refractivity (Wildman–Crippen MR) is 123 cm³/mol. The van der Waals surface area contributed by atoms with Gasteiger partial charge in [0.25, 0.3) is 5.69 Å². The van der Waals surface area contributed by atoms with Gasteiger partial charge in [-0.15, -0.1) is 0 Å². The number of benzene rings is 2. The number of non-ortho nitro benzene ring substituents is 1. The van der Waals surface area contributed by atoms with E-state index in [1.807, 2.05) is 32.0 Å². The summed E-state index contributed by atoms with van der Waals surface area (Å²) in [6, 6.07) is 10.5. The highest BCUT2D eigenvalue weighted by Crippen LogP contribution is 2.70. The van der Waals surface area contributed by atoms with Crippen molar-refractivity contribution in [3.63, 3.8) is 0 Å². The fraction of sp³-hybridized carbons (Fsp3) is 0.400. The molecule has 1 fully saturated rings. The van der Waals surface area contributed by atoms with Gasteiger partial charge in [-0.25, -0.2) is 9.97 Å². The maximum absolute atomic E-state index is 14.0. The van der Waals surface area contributed by atoms with E-state index in [1.54, 1.807) is 6.07 Å². The lowest BCUT2D eigenvalue weighted by Gasteiger charge is -2.39. The van der Waals surface area contributed by atoms with Gasteiger partial charge in [0.2, 0.25) is 5.91 Å². The molecule has 7 heteroatoms. The van der Waals surface area contributed by atoms with Crippen molar-refractivity contribution in [2.24, 2.45) is 5.41 Å². The second-order valence-corrected chi connectivity index (χ2v) is 9.99. The van der Waals surface area contributed by atoms with Gasteiger partial charge in [-0.1, -0.05) is 32.9 Å². The number of hydrogen-bond donors (Lipinski definition) is 1. The molecule has 2 bridgehead atoms. The highest BCUT2D eigenvalue weighted by molar-refractivity contribution is 6.02. The fourth-order valence-electron chi connectivity index (χ4n) is 5.81. The summed E-state index contributed by atoms with van der Waals surface area (Å²) in [4.78, 5) is 34.6. The molecular formula is C25H26N4O3. The van der Waals surface area contributed by atoms with Gasteiger partial charge in [-0.2, -0.15) is 0 Å². The van der Waals surface area contributed by atoms with E-state index in [2.05, 4.69) is 26.1 Å². The quantitative estimate of drug-likeness (QED) is 0.459. The van der Waals surface area contributed by atoms with E-state index < -0.39 is 15.8 Å². The van der Waals surface area contributed by atoms with Gasteiger partial charge in [0.1, 0.15) is 0 Å². The van der Waals surface area contributed by atoms with E-state index in [4.69, 9.17) is 9.97 Å². The summed E-state index contributed by atoms with van der Waals surface area (Å²) in [5, 5.41) is 14.5. The Bertz CT molecular complexity index is 1330. The molecule has 0 saturated heterocycles. The average molecular weight is 431 g/mol. The smallest absolute Gasteiger partial charge is 0.271 e. The van der Waals surface area contributed by atoms with Gasteiger partial charge >= 0.3 is 0 Å². The Labute approximate surface area is 186 Å². The lowest BCUT2D eigenvalue weighted by molar-refractivity contribution is -0.384. The maximum atomic E-state index is 14.0. The molecule has 2 aromatic carbocycles. The summed E-state index contributed by atoms with van der Waals surface area (Å²) < 4.78 is 0. The molecule has 3 aromatic rings. The number of amides is 1. The topological polar surface area (TPSA) is 98.0 Å². The Morgan fingerprint density at radius 2 is 1.72 bits per heavy atom. The first kappa shape index (κ1) is 20.5. The number of carbonyl (C=O) groups excluding carboxylic acids is 1. The van der Waals surface area contributed by atoms with Gasteiger partial charge in [-0.3, -0.25) is 14.9 Å². The van der Waals surface area contributed by atoms with Crippen LogP contribution in [0.15, 0.2) is 36.4 Å². The number of anilines is 1. The summed E-state index contributed by atoms with van der Waals surface area (Å²) in [5.41, 5.74) is 3.80. The van der Waals surface area contributed by atoms with Crippen molar-refractivity contribution < 1.29 is 9.72 Å². The lowest BCUT2D eigenvalue weighted by Crippen LogP contribution is -2.48. The van der Waals surface area contributed by atoms with Gasteiger partial charge < -0.3 is 5.32 Å². The predicted octanol–water partition coefficient (Wildman–Crippen LogP) is 5.12. The van der Waals surface area contributed by atoms with E-state index in [-0.39, 0.29) is 17.0 Å². The molecule has 1 saturated carbocycles. The van der Waals surface area contributed by atoms with Crippen LogP contribution in [-0.2, 0) is 15.6 Å². The van der Waals surface area contributed by atoms with E-state index in [0.717, 1.165) is 28.9 Å². The number of aryl methyl sites for hydroxylation is 2. The van der Waals surface area contributed by atoms with Crippen molar-refractivity contribution in [1.29, 1.82) is 0 Å². The zero-order chi connectivity index (χ0) is 23.1. The first-order valence-electron chi connectivity index (χ1n) is 10.9. The standard InChI is InChI=1S/C25H26N4O3/c1-14-6-7-15(2)18(12-14)28-22(30)25-11-10-24(5,23(25,3)4)20-21(25)27-19-13-16(29(31)32)8-9-17(19)26-20/h6-9,12-13H,10-11H2,1-5H3,(H,28,30). The van der Waals surface area contributed by atoms with Crippen LogP contribution in [0.4, 0.5) is 11.4 Å². The summed E-state index contributed by atoms with van der Waals surface area (Å²) in [6.07, 6.45) is 1.50. The number of nitro groups is 1. The molecule has 2 atom stereocenters. The van der Waals surface area contributed by atoms with Crippen molar-refractivity contribution in [1.82, 2.24) is 9.97 Å². The van der Waals surface area contributed by atoms with E-state index in [0.29, 0.717) is 23.1 Å². The number of nitro benzene ring substituents is 1. The molecule has 1 N–H and O–H groups in total. The zero-order valence-electron chi connectivity index (χ0n) is 18.9. The first-order chi connectivity index (χ1) is 15.0. The van der Waals surface area contributed by atoms with Crippen LogP contribution < -0.4 is 5.32 Å². The minimum Gasteiger partial charge on any atom is -0.325 e. The zero-order valence-corrected chi connectivity index (χ0v) is 18.9. The molecular weight excluding hydrogens is 404 g/mol. The normalized spacial score (nSPS) is 25.0. The molecule has 0 radical (unpaired) electrons. The minimum absolute atomic E-state index is 0.0331. The molecule has 2 unspecified atom stereocenters. The van der Waals surface area contributed by atoms with Crippen molar-refractivity contribution in [3.8, 4) is 0 Å². The molecule has 1 amide bonds. The molecule has 32 heavy (non-hydrogen) atoms. The second kappa shape index (κ2) is 6.34. The van der Waals surface area contributed by atoms with Crippen molar-refractivity contribution in [2.45, 2.75) is 58.3 Å². The molecule has 1 heterocycles. The molecule has 2 aliphatic rings. The maximum Gasteiger partial charge on any atom is 0.271 e. The number of aromatic nitrogens is 2. The van der Waals surface area contributed by atoms with Crippen LogP contribution in [0, 0.1) is 29.4 Å². The van der Waals surface area contributed by atoms with Gasteiger partial charge in [-0.05, 0) is 55.4 Å². The lowest BCUT2D eigenvalue weighted by atomic mass is 9.63. The molecule has 0 spiro atoms. The van der Waals surface area contributed by atoms with Crippen LogP contribution in [0.1, 0.15) is 56.1 Å². The molecule has 0 aliphatic heterocycles. The van der Waals surface area contributed by atoms with E-state index >= 15 is 0 Å². The van der Waals surface area contributed by atoms with Crippen LogP contribution in [0.3, 0.4) is 0 Å².